The van der Waals surface area contributed by atoms with Gasteiger partial charge in [0.2, 0.25) is 0 Å². The number of nitrogens with zero attached hydrogens (tertiary/aromatic N) is 3. The third-order valence-electron chi connectivity index (χ3n) is 4.87. The van der Waals surface area contributed by atoms with Gasteiger partial charge < -0.3 is 5.32 Å². The number of rotatable bonds is 3. The summed E-state index contributed by atoms with van der Waals surface area (Å²) in [7, 11) is 1.54. The van der Waals surface area contributed by atoms with E-state index in [1.807, 2.05) is 19.2 Å². The van der Waals surface area contributed by atoms with Gasteiger partial charge in [-0.25, -0.2) is 4.79 Å². The Hall–Kier alpha value is -1.95. The van der Waals surface area contributed by atoms with E-state index in [0.717, 1.165) is 32.5 Å². The average molecular weight is 302 g/mol. The van der Waals surface area contributed by atoms with Gasteiger partial charge in [-0.1, -0.05) is 6.07 Å². The second kappa shape index (κ2) is 5.68. The molecule has 0 aromatic carbocycles. The minimum absolute atomic E-state index is 0.120. The molecule has 3 heterocycles. The molecule has 2 atom stereocenters. The normalized spacial score (nSPS) is 29.7. The van der Waals surface area contributed by atoms with Gasteiger partial charge >= 0.3 is 6.03 Å². The predicted octanol–water partition coefficient (Wildman–Crippen LogP) is 1.23. The third-order valence-corrected chi connectivity index (χ3v) is 4.87. The second-order valence-corrected chi connectivity index (χ2v) is 6.43. The average Bonchev–Trinajstić information content (AvgIpc) is 2.73. The number of urea groups is 1. The lowest BCUT2D eigenvalue weighted by molar-refractivity contribution is -0.132. The van der Waals surface area contributed by atoms with Crippen molar-refractivity contribution >= 4 is 11.9 Å². The van der Waals surface area contributed by atoms with Crippen LogP contribution in [0.5, 0.6) is 0 Å². The molecule has 0 aliphatic carbocycles. The summed E-state index contributed by atoms with van der Waals surface area (Å²) in [6.07, 6.45) is 5.64. The van der Waals surface area contributed by atoms with E-state index in [2.05, 4.69) is 21.3 Å². The quantitative estimate of drug-likeness (QED) is 0.853. The highest BCUT2D eigenvalue weighted by molar-refractivity contribution is 6.06. The SMILES string of the molecule is CN1C(=O)N[C@](C)([C@@H]2CCCN(Cc3cccnc3)C2)C1=O. The zero-order valence-electron chi connectivity index (χ0n) is 13.1. The smallest absolute Gasteiger partial charge is 0.323 e. The van der Waals surface area contributed by atoms with Gasteiger partial charge in [0.15, 0.2) is 0 Å². The zero-order chi connectivity index (χ0) is 15.7. The Morgan fingerprint density at radius 2 is 2.27 bits per heavy atom. The van der Waals surface area contributed by atoms with Crippen molar-refractivity contribution in [2.45, 2.75) is 31.8 Å². The summed E-state index contributed by atoms with van der Waals surface area (Å²) in [5, 5.41) is 2.88. The maximum Gasteiger partial charge on any atom is 0.324 e. The van der Waals surface area contributed by atoms with Crippen LogP contribution in [-0.2, 0) is 11.3 Å². The number of hydrogen-bond acceptors (Lipinski definition) is 4. The molecule has 6 nitrogen and oxygen atoms in total. The van der Waals surface area contributed by atoms with Crippen molar-refractivity contribution < 1.29 is 9.59 Å². The first-order valence-corrected chi connectivity index (χ1v) is 7.72. The minimum Gasteiger partial charge on any atom is -0.323 e. The Morgan fingerprint density at radius 3 is 2.91 bits per heavy atom. The molecular weight excluding hydrogens is 280 g/mol. The number of carbonyl (C=O) groups excluding carboxylic acids is 2. The molecule has 0 unspecified atom stereocenters. The van der Waals surface area contributed by atoms with E-state index in [1.165, 1.54) is 10.5 Å². The van der Waals surface area contributed by atoms with Gasteiger partial charge in [0.1, 0.15) is 5.54 Å². The van der Waals surface area contributed by atoms with Crippen molar-refractivity contribution in [1.82, 2.24) is 20.1 Å². The maximum absolute atomic E-state index is 12.4. The van der Waals surface area contributed by atoms with E-state index < -0.39 is 5.54 Å². The Morgan fingerprint density at radius 1 is 1.45 bits per heavy atom. The molecule has 2 aliphatic rings. The second-order valence-electron chi connectivity index (χ2n) is 6.43. The molecule has 6 heteroatoms. The molecule has 3 rings (SSSR count). The number of carbonyl (C=O) groups is 2. The van der Waals surface area contributed by atoms with Crippen LogP contribution in [0.15, 0.2) is 24.5 Å². The zero-order valence-corrected chi connectivity index (χ0v) is 13.1. The van der Waals surface area contributed by atoms with E-state index in [0.29, 0.717) is 0 Å². The van der Waals surface area contributed by atoms with Crippen molar-refractivity contribution in [2.75, 3.05) is 20.1 Å². The largest absolute Gasteiger partial charge is 0.324 e. The first kappa shape index (κ1) is 15.0. The van der Waals surface area contributed by atoms with Crippen molar-refractivity contribution in [3.8, 4) is 0 Å². The molecule has 1 N–H and O–H groups in total. The Bertz CT molecular complexity index is 577. The molecule has 2 fully saturated rings. The monoisotopic (exact) mass is 302 g/mol. The van der Waals surface area contributed by atoms with Crippen molar-refractivity contribution in [2.24, 2.45) is 5.92 Å². The fourth-order valence-electron chi connectivity index (χ4n) is 3.50. The van der Waals surface area contributed by atoms with Crippen molar-refractivity contribution in [3.05, 3.63) is 30.1 Å². The standard InChI is InChI=1S/C16H22N4O2/c1-16(14(21)19(2)15(22)18-16)13-6-4-8-20(11-13)10-12-5-3-7-17-9-12/h3,5,7,9,13H,4,6,8,10-11H2,1-2H3,(H,18,22)/t13-,16-/m1/s1. The molecule has 118 valence electrons. The van der Waals surface area contributed by atoms with Crippen molar-refractivity contribution in [3.63, 3.8) is 0 Å². The van der Waals surface area contributed by atoms with Crippen LogP contribution >= 0.6 is 0 Å². The molecule has 0 spiro atoms. The predicted molar refractivity (Wildman–Crippen MR) is 81.9 cm³/mol. The van der Waals surface area contributed by atoms with Crippen LogP contribution in [0, 0.1) is 5.92 Å². The van der Waals surface area contributed by atoms with Gasteiger partial charge in [-0.3, -0.25) is 19.6 Å². The number of nitrogens with one attached hydrogen (secondary N) is 1. The molecule has 0 radical (unpaired) electrons. The number of pyridine rings is 1. The van der Waals surface area contributed by atoms with Gasteiger partial charge in [0, 0.05) is 38.4 Å². The first-order chi connectivity index (χ1) is 10.5. The fraction of sp³-hybridized carbons (Fsp3) is 0.562. The number of piperidine rings is 1. The highest BCUT2D eigenvalue weighted by Gasteiger charge is 2.51. The van der Waals surface area contributed by atoms with Crippen LogP contribution in [0.25, 0.3) is 0 Å². The maximum atomic E-state index is 12.4. The summed E-state index contributed by atoms with van der Waals surface area (Å²) in [5.41, 5.74) is 0.395. The lowest BCUT2D eigenvalue weighted by Crippen LogP contribution is -2.55. The number of hydrogen-bond donors (Lipinski definition) is 1. The van der Waals surface area contributed by atoms with E-state index >= 15 is 0 Å². The number of likely N-dealkylation sites (tertiary alicyclic amines) is 1. The Kier molecular flexibility index (Phi) is 3.87. The lowest BCUT2D eigenvalue weighted by atomic mass is 9.80. The highest BCUT2D eigenvalue weighted by Crippen LogP contribution is 2.32. The molecule has 0 saturated carbocycles. The number of imide groups is 1. The summed E-state index contributed by atoms with van der Waals surface area (Å²) in [5.74, 6) is 0.0186. The van der Waals surface area contributed by atoms with Crippen LogP contribution in [0.1, 0.15) is 25.3 Å². The molecule has 2 aliphatic heterocycles. The van der Waals surface area contributed by atoms with Gasteiger partial charge in [0.25, 0.3) is 5.91 Å². The number of likely N-dealkylation sites (N-methyl/N-ethyl adjacent to an activating group) is 1. The Labute approximate surface area is 130 Å². The molecule has 0 bridgehead atoms. The van der Waals surface area contributed by atoms with Crippen LogP contribution in [0.4, 0.5) is 4.79 Å². The summed E-state index contributed by atoms with van der Waals surface area (Å²) in [4.78, 5) is 31.9. The van der Waals surface area contributed by atoms with Gasteiger partial charge in [-0.05, 0) is 37.9 Å². The summed E-state index contributed by atoms with van der Waals surface area (Å²) >= 11 is 0. The lowest BCUT2D eigenvalue weighted by Gasteiger charge is -2.39. The Balaban J connectivity index is 1.71. The topological polar surface area (TPSA) is 65.5 Å². The molecule has 3 amide bonds. The van der Waals surface area contributed by atoms with Gasteiger partial charge in [-0.15, -0.1) is 0 Å². The van der Waals surface area contributed by atoms with E-state index in [-0.39, 0.29) is 17.9 Å². The van der Waals surface area contributed by atoms with Crippen LogP contribution in [-0.4, -0.2) is 52.4 Å². The first-order valence-electron chi connectivity index (χ1n) is 7.72. The third kappa shape index (κ3) is 2.59. The van der Waals surface area contributed by atoms with Gasteiger partial charge in [0.05, 0.1) is 0 Å². The number of aromatic nitrogens is 1. The molecule has 1 aromatic heterocycles. The molecule has 22 heavy (non-hydrogen) atoms. The van der Waals surface area contributed by atoms with Crippen molar-refractivity contribution in [1.29, 1.82) is 0 Å². The summed E-state index contributed by atoms with van der Waals surface area (Å²) in [6, 6.07) is 3.71. The highest BCUT2D eigenvalue weighted by atomic mass is 16.2. The van der Waals surface area contributed by atoms with E-state index in [9.17, 15) is 9.59 Å². The summed E-state index contributed by atoms with van der Waals surface area (Å²) < 4.78 is 0. The van der Waals surface area contributed by atoms with E-state index in [1.54, 1.807) is 13.2 Å². The van der Waals surface area contributed by atoms with Crippen LogP contribution in [0.2, 0.25) is 0 Å². The molecule has 1 aromatic rings. The fourth-order valence-corrected chi connectivity index (χ4v) is 3.50. The number of amides is 3. The van der Waals surface area contributed by atoms with Crippen LogP contribution < -0.4 is 5.32 Å². The molecular formula is C16H22N4O2. The van der Waals surface area contributed by atoms with Gasteiger partial charge in [-0.2, -0.15) is 0 Å². The molecule has 2 saturated heterocycles. The minimum atomic E-state index is -0.778. The van der Waals surface area contributed by atoms with E-state index in [4.69, 9.17) is 0 Å². The van der Waals surface area contributed by atoms with Crippen LogP contribution in [0.3, 0.4) is 0 Å². The summed E-state index contributed by atoms with van der Waals surface area (Å²) in [6.45, 7) is 4.51.